The molecule has 0 unspecified atom stereocenters. The van der Waals surface area contributed by atoms with Crippen molar-refractivity contribution in [2.45, 2.75) is 55.7 Å². The summed E-state index contributed by atoms with van der Waals surface area (Å²) < 4.78 is 41.8. The third-order valence-corrected chi connectivity index (χ3v) is 6.27. The summed E-state index contributed by atoms with van der Waals surface area (Å²) in [5.74, 6) is 0.998. The van der Waals surface area contributed by atoms with E-state index in [2.05, 4.69) is 15.0 Å². The van der Waals surface area contributed by atoms with Crippen molar-refractivity contribution in [3.63, 3.8) is 0 Å². The highest BCUT2D eigenvalue weighted by molar-refractivity contribution is 5.61. The van der Waals surface area contributed by atoms with E-state index in [1.54, 1.807) is 17.7 Å². The van der Waals surface area contributed by atoms with E-state index in [-0.39, 0.29) is 22.3 Å². The second-order valence-electron chi connectivity index (χ2n) is 7.57. The Labute approximate surface area is 149 Å². The van der Waals surface area contributed by atoms with Crippen LogP contribution in [0.5, 0.6) is 0 Å². The third kappa shape index (κ3) is 2.43. The highest BCUT2D eigenvalue weighted by atomic mass is 19.4. The van der Waals surface area contributed by atoms with Gasteiger partial charge in [-0.1, -0.05) is 18.2 Å². The molecule has 0 aliphatic heterocycles. The molecule has 0 spiro atoms. The largest absolute Gasteiger partial charge is 0.417 e. The predicted molar refractivity (Wildman–Crippen MR) is 90.2 cm³/mol. The van der Waals surface area contributed by atoms with Crippen molar-refractivity contribution in [3.05, 3.63) is 47.1 Å². The van der Waals surface area contributed by atoms with Crippen LogP contribution in [0.3, 0.4) is 0 Å². The fourth-order valence-electron chi connectivity index (χ4n) is 4.62. The number of fused-ring (bicyclic) bond motifs is 3. The van der Waals surface area contributed by atoms with Gasteiger partial charge in [-0.05, 0) is 25.3 Å². The number of aromatic nitrogens is 3. The second kappa shape index (κ2) is 5.57. The Hall–Kier alpha value is -2.36. The van der Waals surface area contributed by atoms with Gasteiger partial charge in [0, 0.05) is 37.3 Å². The molecule has 1 aromatic carbocycles. The molecule has 3 fully saturated rings. The van der Waals surface area contributed by atoms with E-state index < -0.39 is 11.7 Å². The molecule has 0 saturated heterocycles. The first-order chi connectivity index (χ1) is 12.3. The van der Waals surface area contributed by atoms with Crippen LogP contribution in [-0.2, 0) is 18.6 Å². The van der Waals surface area contributed by atoms with Crippen molar-refractivity contribution >= 4 is 0 Å². The van der Waals surface area contributed by atoms with Crippen molar-refractivity contribution in [1.82, 2.24) is 14.8 Å². The first-order valence-corrected chi connectivity index (χ1v) is 8.75. The van der Waals surface area contributed by atoms with Crippen molar-refractivity contribution in [2.75, 3.05) is 0 Å². The zero-order valence-electron chi connectivity index (χ0n) is 14.5. The summed E-state index contributed by atoms with van der Waals surface area (Å²) in [7, 11) is 1.75. The van der Waals surface area contributed by atoms with E-state index in [9.17, 15) is 13.2 Å². The molecule has 1 heterocycles. The summed E-state index contributed by atoms with van der Waals surface area (Å²) in [6, 6.07) is 5.49. The van der Waals surface area contributed by atoms with Crippen LogP contribution in [0.4, 0.5) is 13.2 Å². The lowest BCUT2D eigenvalue weighted by Crippen LogP contribution is -2.47. The molecule has 0 N–H and O–H groups in total. The van der Waals surface area contributed by atoms with Crippen molar-refractivity contribution in [3.8, 4) is 11.4 Å². The van der Waals surface area contributed by atoms with Crippen LogP contribution in [0, 0.1) is 6.57 Å². The SMILES string of the molecule is [C-]#[N+]C12CCC(c3nnc(-c4ccccc4C(F)(F)F)n3C)(CC1)CC2. The van der Waals surface area contributed by atoms with Crippen LogP contribution >= 0.6 is 0 Å². The Morgan fingerprint density at radius 1 is 1.04 bits per heavy atom. The maximum atomic E-state index is 13.4. The molecule has 26 heavy (non-hydrogen) atoms. The molecule has 3 aliphatic carbocycles. The molecule has 5 rings (SSSR count). The predicted octanol–water partition coefficient (Wildman–Crippen LogP) is 4.76. The van der Waals surface area contributed by atoms with E-state index in [0.29, 0.717) is 0 Å². The highest BCUT2D eigenvalue weighted by Gasteiger charge is 2.55. The molecule has 7 heteroatoms. The fraction of sp³-hybridized carbons (Fsp3) is 0.526. The van der Waals surface area contributed by atoms with Crippen LogP contribution in [0.15, 0.2) is 24.3 Å². The van der Waals surface area contributed by atoms with Gasteiger partial charge < -0.3 is 9.41 Å². The lowest BCUT2D eigenvalue weighted by molar-refractivity contribution is -0.137. The third-order valence-electron chi connectivity index (χ3n) is 6.27. The molecule has 1 aromatic heterocycles. The summed E-state index contributed by atoms with van der Waals surface area (Å²) in [5.41, 5.74) is -1.04. The monoisotopic (exact) mass is 360 g/mol. The van der Waals surface area contributed by atoms with E-state index >= 15 is 0 Å². The van der Waals surface area contributed by atoms with E-state index in [1.807, 2.05) is 0 Å². The number of halogens is 3. The standard InChI is InChI=1S/C19H19F3N4/c1-23-18-10-7-17(8-11-18,9-12-18)16-25-24-15(26(16)2)13-5-3-4-6-14(13)19(20,21)22/h3-6H,7-12H2,2H3. The Morgan fingerprint density at radius 3 is 2.23 bits per heavy atom. The molecule has 0 atom stereocenters. The minimum Gasteiger partial charge on any atom is -0.314 e. The zero-order valence-corrected chi connectivity index (χ0v) is 14.5. The quantitative estimate of drug-likeness (QED) is 0.724. The van der Waals surface area contributed by atoms with Crippen molar-refractivity contribution in [2.24, 2.45) is 7.05 Å². The van der Waals surface area contributed by atoms with Crippen LogP contribution in [0.25, 0.3) is 16.2 Å². The Bertz CT molecular complexity index is 866. The van der Waals surface area contributed by atoms with Gasteiger partial charge in [-0.3, -0.25) is 0 Å². The van der Waals surface area contributed by atoms with Gasteiger partial charge in [0.15, 0.2) is 5.82 Å². The summed E-state index contributed by atoms with van der Waals surface area (Å²) in [6.07, 6.45) is 0.603. The average molecular weight is 360 g/mol. The topological polar surface area (TPSA) is 35.1 Å². The normalized spacial score (nSPS) is 28.1. The summed E-state index contributed by atoms with van der Waals surface area (Å²) in [4.78, 5) is 3.86. The van der Waals surface area contributed by atoms with E-state index in [4.69, 9.17) is 6.57 Å². The van der Waals surface area contributed by atoms with Crippen LogP contribution in [0.1, 0.15) is 49.9 Å². The molecule has 0 amide bonds. The molecule has 3 aliphatic rings. The molecule has 0 radical (unpaired) electrons. The number of hydrogen-bond acceptors (Lipinski definition) is 2. The zero-order chi connectivity index (χ0) is 18.6. The molecular formula is C19H19F3N4. The number of nitrogens with zero attached hydrogens (tertiary/aromatic N) is 4. The molecule has 3 saturated carbocycles. The molecular weight excluding hydrogens is 341 g/mol. The molecule has 2 bridgehead atoms. The first kappa shape index (κ1) is 17.1. The number of alkyl halides is 3. The van der Waals surface area contributed by atoms with Gasteiger partial charge in [-0.25, -0.2) is 6.57 Å². The fourth-order valence-corrected chi connectivity index (χ4v) is 4.62. The summed E-state index contributed by atoms with van der Waals surface area (Å²) >= 11 is 0. The number of hydrogen-bond donors (Lipinski definition) is 0. The lowest BCUT2D eigenvalue weighted by atomic mass is 9.57. The Morgan fingerprint density at radius 2 is 1.65 bits per heavy atom. The van der Waals surface area contributed by atoms with Crippen molar-refractivity contribution < 1.29 is 13.2 Å². The number of benzene rings is 1. The number of rotatable bonds is 2. The van der Waals surface area contributed by atoms with Gasteiger partial charge in [-0.15, -0.1) is 10.2 Å². The lowest BCUT2D eigenvalue weighted by Gasteiger charge is -2.46. The van der Waals surface area contributed by atoms with Crippen LogP contribution in [-0.4, -0.2) is 20.3 Å². The minimum atomic E-state index is -4.44. The first-order valence-electron chi connectivity index (χ1n) is 8.75. The van der Waals surface area contributed by atoms with Gasteiger partial charge >= 0.3 is 6.18 Å². The maximum Gasteiger partial charge on any atom is 0.417 e. The van der Waals surface area contributed by atoms with Crippen molar-refractivity contribution in [1.29, 1.82) is 0 Å². The van der Waals surface area contributed by atoms with Gasteiger partial charge in [-0.2, -0.15) is 13.2 Å². The van der Waals surface area contributed by atoms with Crippen LogP contribution in [0.2, 0.25) is 0 Å². The van der Waals surface area contributed by atoms with Crippen LogP contribution < -0.4 is 0 Å². The summed E-state index contributed by atoms with van der Waals surface area (Å²) in [5, 5.41) is 8.46. The van der Waals surface area contributed by atoms with Gasteiger partial charge in [0.05, 0.1) is 5.56 Å². The molecule has 2 aromatic rings. The van der Waals surface area contributed by atoms with Gasteiger partial charge in [0.25, 0.3) is 0 Å². The second-order valence-corrected chi connectivity index (χ2v) is 7.57. The Kier molecular flexibility index (Phi) is 3.66. The average Bonchev–Trinajstić information content (AvgIpc) is 3.04. The van der Waals surface area contributed by atoms with E-state index in [1.165, 1.54) is 12.1 Å². The highest BCUT2D eigenvalue weighted by Crippen LogP contribution is 2.55. The van der Waals surface area contributed by atoms with Gasteiger partial charge in [0.2, 0.25) is 5.54 Å². The minimum absolute atomic E-state index is 0.0553. The smallest absolute Gasteiger partial charge is 0.314 e. The molecule has 136 valence electrons. The summed E-state index contributed by atoms with van der Waals surface area (Å²) in [6.45, 7) is 7.46. The molecule has 4 nitrogen and oxygen atoms in total. The van der Waals surface area contributed by atoms with Gasteiger partial charge in [0.1, 0.15) is 5.82 Å². The maximum absolute atomic E-state index is 13.4. The van der Waals surface area contributed by atoms with E-state index in [0.717, 1.165) is 50.4 Å². The Balaban J connectivity index is 1.75.